The van der Waals surface area contributed by atoms with Gasteiger partial charge in [0.25, 0.3) is 5.56 Å². The Kier molecular flexibility index (Phi) is 4.30. The number of amides is 1. The normalized spacial score (nSPS) is 13.3. The highest BCUT2D eigenvalue weighted by atomic mass is 16.2. The Morgan fingerprint density at radius 2 is 1.96 bits per heavy atom. The van der Waals surface area contributed by atoms with E-state index < -0.39 is 0 Å². The van der Waals surface area contributed by atoms with Gasteiger partial charge in [0, 0.05) is 22.9 Å². The van der Waals surface area contributed by atoms with Crippen LogP contribution in [0.25, 0.3) is 17.2 Å². The summed E-state index contributed by atoms with van der Waals surface area (Å²) in [4.78, 5) is 29.9. The van der Waals surface area contributed by atoms with Crippen molar-refractivity contribution in [3.63, 3.8) is 0 Å². The monoisotopic (exact) mass is 365 g/mol. The van der Waals surface area contributed by atoms with Crippen molar-refractivity contribution in [1.29, 1.82) is 0 Å². The molecule has 0 unspecified atom stereocenters. The SMILES string of the molecule is Cc1ccc(-c2nc3n(CC(=O)NC(C)C)c4c(c(=O)n3n2)CCC4)cc1. The molecule has 27 heavy (non-hydrogen) atoms. The predicted octanol–water partition coefficient (Wildman–Crippen LogP) is 1.88. The number of carbonyl (C=O) groups excluding carboxylic acids is 1. The van der Waals surface area contributed by atoms with Gasteiger partial charge in [0.2, 0.25) is 11.7 Å². The Balaban J connectivity index is 1.87. The number of aryl methyl sites for hydroxylation is 1. The molecular weight excluding hydrogens is 342 g/mol. The van der Waals surface area contributed by atoms with Crippen molar-refractivity contribution in [2.45, 2.75) is 52.6 Å². The molecule has 0 fully saturated rings. The fourth-order valence-electron chi connectivity index (χ4n) is 3.62. The van der Waals surface area contributed by atoms with Crippen LogP contribution < -0.4 is 10.9 Å². The maximum Gasteiger partial charge on any atom is 0.279 e. The van der Waals surface area contributed by atoms with Crippen molar-refractivity contribution >= 4 is 11.7 Å². The third kappa shape index (κ3) is 3.13. The molecule has 1 amide bonds. The largest absolute Gasteiger partial charge is 0.352 e. The zero-order valence-electron chi connectivity index (χ0n) is 15.8. The number of fused-ring (bicyclic) bond motifs is 2. The molecule has 1 aliphatic carbocycles. The van der Waals surface area contributed by atoms with E-state index in [0.29, 0.717) is 11.6 Å². The zero-order valence-corrected chi connectivity index (χ0v) is 15.8. The summed E-state index contributed by atoms with van der Waals surface area (Å²) in [5, 5.41) is 7.37. The molecule has 0 bridgehead atoms. The molecule has 1 aliphatic rings. The molecule has 1 aromatic carbocycles. The smallest absolute Gasteiger partial charge is 0.279 e. The lowest BCUT2D eigenvalue weighted by molar-refractivity contribution is -0.122. The molecule has 0 spiro atoms. The van der Waals surface area contributed by atoms with E-state index in [-0.39, 0.29) is 24.1 Å². The predicted molar refractivity (Wildman–Crippen MR) is 103 cm³/mol. The molecule has 1 N–H and O–H groups in total. The van der Waals surface area contributed by atoms with Crippen molar-refractivity contribution in [1.82, 2.24) is 24.5 Å². The van der Waals surface area contributed by atoms with Crippen LogP contribution in [0.1, 0.15) is 37.1 Å². The minimum atomic E-state index is -0.121. The molecule has 0 aliphatic heterocycles. The van der Waals surface area contributed by atoms with Gasteiger partial charge in [-0.25, -0.2) is 0 Å². The first-order valence-electron chi connectivity index (χ1n) is 9.32. The number of benzene rings is 1. The van der Waals surface area contributed by atoms with Crippen LogP contribution in [0.15, 0.2) is 29.1 Å². The van der Waals surface area contributed by atoms with Crippen LogP contribution in [0.4, 0.5) is 0 Å². The maximum absolute atomic E-state index is 12.9. The average Bonchev–Trinajstić information content (AvgIpc) is 3.26. The van der Waals surface area contributed by atoms with Crippen molar-refractivity contribution in [3.05, 3.63) is 51.4 Å². The average molecular weight is 365 g/mol. The molecule has 2 heterocycles. The van der Waals surface area contributed by atoms with E-state index in [9.17, 15) is 9.59 Å². The number of hydrogen-bond donors (Lipinski definition) is 1. The lowest BCUT2D eigenvalue weighted by Gasteiger charge is -2.14. The van der Waals surface area contributed by atoms with Gasteiger partial charge in [0.05, 0.1) is 0 Å². The van der Waals surface area contributed by atoms with Gasteiger partial charge in [0.1, 0.15) is 6.54 Å². The molecule has 140 valence electrons. The summed E-state index contributed by atoms with van der Waals surface area (Å²) < 4.78 is 3.20. The van der Waals surface area contributed by atoms with Gasteiger partial charge in [-0.05, 0) is 40.0 Å². The second kappa shape index (κ2) is 6.64. The van der Waals surface area contributed by atoms with Gasteiger partial charge in [-0.3, -0.25) is 9.59 Å². The highest BCUT2D eigenvalue weighted by molar-refractivity contribution is 5.76. The van der Waals surface area contributed by atoms with Gasteiger partial charge in [0.15, 0.2) is 5.82 Å². The first kappa shape index (κ1) is 17.5. The van der Waals surface area contributed by atoms with E-state index >= 15 is 0 Å². The second-order valence-corrected chi connectivity index (χ2v) is 7.41. The molecule has 4 rings (SSSR count). The van der Waals surface area contributed by atoms with E-state index in [1.54, 1.807) is 0 Å². The minimum absolute atomic E-state index is 0.0574. The number of carbonyl (C=O) groups is 1. The van der Waals surface area contributed by atoms with Gasteiger partial charge < -0.3 is 9.88 Å². The Hall–Kier alpha value is -2.96. The molecule has 0 atom stereocenters. The molecule has 3 aromatic rings. The van der Waals surface area contributed by atoms with E-state index in [0.717, 1.165) is 41.6 Å². The number of hydrogen-bond acceptors (Lipinski definition) is 4. The Bertz CT molecular complexity index is 1080. The van der Waals surface area contributed by atoms with Crippen molar-refractivity contribution in [3.8, 4) is 11.4 Å². The number of nitrogens with one attached hydrogen (secondary N) is 1. The lowest BCUT2D eigenvalue weighted by atomic mass is 10.1. The molecule has 2 aromatic heterocycles. The lowest BCUT2D eigenvalue weighted by Crippen LogP contribution is -2.35. The summed E-state index contributed by atoms with van der Waals surface area (Å²) in [6, 6.07) is 7.92. The molecule has 7 heteroatoms. The van der Waals surface area contributed by atoms with Crippen LogP contribution in [0.2, 0.25) is 0 Å². The van der Waals surface area contributed by atoms with E-state index in [2.05, 4.69) is 15.4 Å². The Morgan fingerprint density at radius 3 is 2.67 bits per heavy atom. The van der Waals surface area contributed by atoms with Crippen LogP contribution in [-0.4, -0.2) is 31.1 Å². The van der Waals surface area contributed by atoms with Crippen LogP contribution in [0.3, 0.4) is 0 Å². The van der Waals surface area contributed by atoms with Crippen LogP contribution in [0, 0.1) is 6.92 Å². The fourth-order valence-corrected chi connectivity index (χ4v) is 3.62. The quantitative estimate of drug-likeness (QED) is 0.765. The minimum Gasteiger partial charge on any atom is -0.352 e. The molecule has 7 nitrogen and oxygen atoms in total. The van der Waals surface area contributed by atoms with E-state index in [4.69, 9.17) is 0 Å². The van der Waals surface area contributed by atoms with Crippen molar-refractivity contribution < 1.29 is 4.79 Å². The number of nitrogens with zero attached hydrogens (tertiary/aromatic N) is 4. The second-order valence-electron chi connectivity index (χ2n) is 7.41. The Morgan fingerprint density at radius 1 is 1.22 bits per heavy atom. The van der Waals surface area contributed by atoms with Gasteiger partial charge >= 0.3 is 0 Å². The third-order valence-electron chi connectivity index (χ3n) is 4.86. The summed E-state index contributed by atoms with van der Waals surface area (Å²) in [5.41, 5.74) is 3.53. The van der Waals surface area contributed by atoms with Gasteiger partial charge in [-0.2, -0.15) is 9.50 Å². The van der Waals surface area contributed by atoms with Crippen LogP contribution in [-0.2, 0) is 24.2 Å². The summed E-state index contributed by atoms with van der Waals surface area (Å²) in [6.07, 6.45) is 2.41. The molecular formula is C20H23N5O2. The van der Waals surface area contributed by atoms with Gasteiger partial charge in [-0.1, -0.05) is 29.8 Å². The zero-order chi connectivity index (χ0) is 19.1. The molecule has 0 radical (unpaired) electrons. The maximum atomic E-state index is 12.9. The van der Waals surface area contributed by atoms with E-state index in [1.807, 2.05) is 49.6 Å². The van der Waals surface area contributed by atoms with Gasteiger partial charge in [-0.15, -0.1) is 5.10 Å². The number of rotatable bonds is 4. The van der Waals surface area contributed by atoms with E-state index in [1.165, 1.54) is 4.52 Å². The van der Waals surface area contributed by atoms with Crippen molar-refractivity contribution in [2.24, 2.45) is 0 Å². The highest BCUT2D eigenvalue weighted by Gasteiger charge is 2.25. The summed E-state index contributed by atoms with van der Waals surface area (Å²) >= 11 is 0. The molecule has 0 saturated carbocycles. The fraction of sp³-hybridized carbons (Fsp3) is 0.400. The molecule has 0 saturated heterocycles. The standard InChI is InChI=1S/C20H23N5O2/c1-12(2)21-17(26)11-24-16-6-4-5-15(16)19(27)25-20(24)22-18(23-25)14-9-7-13(3)8-10-14/h7-10,12H,4-6,11H2,1-3H3,(H,21,26). The topological polar surface area (TPSA) is 81.3 Å². The summed E-state index contributed by atoms with van der Waals surface area (Å²) in [6.45, 7) is 6.00. The van der Waals surface area contributed by atoms with Crippen LogP contribution in [0.5, 0.6) is 0 Å². The first-order valence-corrected chi connectivity index (χ1v) is 9.32. The number of aromatic nitrogens is 4. The van der Waals surface area contributed by atoms with Crippen LogP contribution >= 0.6 is 0 Å². The first-order chi connectivity index (χ1) is 12.9. The van der Waals surface area contributed by atoms with Crippen molar-refractivity contribution in [2.75, 3.05) is 0 Å². The highest BCUT2D eigenvalue weighted by Crippen LogP contribution is 2.22. The summed E-state index contributed by atoms with van der Waals surface area (Å²) in [5.74, 6) is 0.827. The Labute approximate surface area is 157 Å². The summed E-state index contributed by atoms with van der Waals surface area (Å²) in [7, 11) is 0. The third-order valence-corrected chi connectivity index (χ3v) is 4.86.